The Kier molecular flexibility index (Phi) is 4.20. The maximum atomic E-state index is 6.39. The van der Waals surface area contributed by atoms with Gasteiger partial charge in [0.1, 0.15) is 0 Å². The van der Waals surface area contributed by atoms with Crippen LogP contribution in [0.5, 0.6) is 0 Å². The highest BCUT2D eigenvalue weighted by molar-refractivity contribution is 4.91. The number of ether oxygens (including phenoxy) is 1. The highest BCUT2D eigenvalue weighted by Gasteiger charge is 2.33. The van der Waals surface area contributed by atoms with Crippen molar-refractivity contribution in [1.82, 2.24) is 0 Å². The van der Waals surface area contributed by atoms with Gasteiger partial charge in [-0.3, -0.25) is 0 Å². The second-order valence-electron chi connectivity index (χ2n) is 4.48. The molecule has 0 spiro atoms. The monoisotopic (exact) mass is 185 g/mol. The Balaban J connectivity index is 2.33. The van der Waals surface area contributed by atoms with E-state index in [-0.39, 0.29) is 5.54 Å². The van der Waals surface area contributed by atoms with Crippen LogP contribution in [0.1, 0.15) is 45.4 Å². The molecule has 2 unspecified atom stereocenters. The predicted octanol–water partition coefficient (Wildman–Crippen LogP) is 2.32. The summed E-state index contributed by atoms with van der Waals surface area (Å²) >= 11 is 0. The van der Waals surface area contributed by atoms with Crippen molar-refractivity contribution in [2.24, 2.45) is 11.7 Å². The van der Waals surface area contributed by atoms with Gasteiger partial charge in [0.25, 0.3) is 0 Å². The summed E-state index contributed by atoms with van der Waals surface area (Å²) in [5.74, 6) is 0.693. The molecule has 2 N–H and O–H groups in total. The van der Waals surface area contributed by atoms with E-state index in [9.17, 15) is 0 Å². The van der Waals surface area contributed by atoms with Gasteiger partial charge in [-0.2, -0.15) is 0 Å². The quantitative estimate of drug-likeness (QED) is 0.682. The third-order valence-corrected chi connectivity index (χ3v) is 3.50. The number of hydrogen-bond acceptors (Lipinski definition) is 2. The Morgan fingerprint density at radius 1 is 1.46 bits per heavy atom. The lowest BCUT2D eigenvalue weighted by molar-refractivity contribution is 0.149. The maximum absolute atomic E-state index is 6.39. The molecule has 1 rings (SSSR count). The summed E-state index contributed by atoms with van der Waals surface area (Å²) in [6.45, 7) is 3.15. The Morgan fingerprint density at radius 3 is 2.85 bits per heavy atom. The lowest BCUT2D eigenvalue weighted by atomic mass is 9.72. The fourth-order valence-electron chi connectivity index (χ4n) is 2.36. The fraction of sp³-hybridized carbons (Fsp3) is 1.00. The summed E-state index contributed by atoms with van der Waals surface area (Å²) in [5.41, 5.74) is 6.50. The van der Waals surface area contributed by atoms with Gasteiger partial charge in [0, 0.05) is 19.3 Å². The van der Waals surface area contributed by atoms with Gasteiger partial charge in [-0.15, -0.1) is 0 Å². The van der Waals surface area contributed by atoms with Gasteiger partial charge in [-0.25, -0.2) is 0 Å². The van der Waals surface area contributed by atoms with Crippen LogP contribution in [0.4, 0.5) is 0 Å². The second-order valence-corrected chi connectivity index (χ2v) is 4.48. The van der Waals surface area contributed by atoms with Gasteiger partial charge in [-0.05, 0) is 31.6 Å². The normalized spacial score (nSPS) is 34.8. The molecule has 0 amide bonds. The van der Waals surface area contributed by atoms with Crippen molar-refractivity contribution in [3.05, 3.63) is 0 Å². The third kappa shape index (κ3) is 2.96. The van der Waals surface area contributed by atoms with E-state index in [4.69, 9.17) is 10.5 Å². The van der Waals surface area contributed by atoms with Crippen molar-refractivity contribution >= 4 is 0 Å². The lowest BCUT2D eigenvalue weighted by Gasteiger charge is -2.39. The van der Waals surface area contributed by atoms with E-state index >= 15 is 0 Å². The molecule has 2 atom stereocenters. The molecule has 0 radical (unpaired) electrons. The molecule has 0 aromatic heterocycles. The number of nitrogens with two attached hydrogens (primary N) is 1. The first kappa shape index (κ1) is 11.0. The van der Waals surface area contributed by atoms with Crippen LogP contribution >= 0.6 is 0 Å². The molecule has 1 fully saturated rings. The van der Waals surface area contributed by atoms with Gasteiger partial charge >= 0.3 is 0 Å². The molecule has 0 aliphatic heterocycles. The average Bonchev–Trinajstić information content (AvgIpc) is 2.11. The minimum Gasteiger partial charge on any atom is -0.385 e. The van der Waals surface area contributed by atoms with Gasteiger partial charge < -0.3 is 10.5 Å². The molecule has 2 nitrogen and oxygen atoms in total. The first-order valence-electron chi connectivity index (χ1n) is 5.47. The molecule has 0 aromatic carbocycles. The fourth-order valence-corrected chi connectivity index (χ4v) is 2.36. The van der Waals surface area contributed by atoms with Crippen LogP contribution in [0.3, 0.4) is 0 Å². The van der Waals surface area contributed by atoms with Crippen LogP contribution < -0.4 is 5.73 Å². The van der Waals surface area contributed by atoms with E-state index in [1.54, 1.807) is 7.11 Å². The van der Waals surface area contributed by atoms with Gasteiger partial charge in [0.05, 0.1) is 0 Å². The van der Waals surface area contributed by atoms with E-state index in [2.05, 4.69) is 6.92 Å². The second kappa shape index (κ2) is 4.97. The van der Waals surface area contributed by atoms with Crippen LogP contribution in [0.15, 0.2) is 0 Å². The zero-order chi connectivity index (χ0) is 9.73. The molecule has 0 saturated heterocycles. The molecule has 0 aromatic rings. The van der Waals surface area contributed by atoms with E-state index in [0.717, 1.165) is 19.4 Å². The minimum absolute atomic E-state index is 0.108. The zero-order valence-electron chi connectivity index (χ0n) is 9.01. The van der Waals surface area contributed by atoms with E-state index in [0.29, 0.717) is 5.92 Å². The zero-order valence-corrected chi connectivity index (χ0v) is 9.01. The van der Waals surface area contributed by atoms with Crippen LogP contribution in [0.25, 0.3) is 0 Å². The summed E-state index contributed by atoms with van der Waals surface area (Å²) in [7, 11) is 1.76. The number of methoxy groups -OCH3 is 1. The molecule has 1 aliphatic rings. The number of hydrogen-bond donors (Lipinski definition) is 1. The molecule has 1 aliphatic carbocycles. The highest BCUT2D eigenvalue weighted by atomic mass is 16.5. The summed E-state index contributed by atoms with van der Waals surface area (Å²) in [6.07, 6.45) is 7.43. The first-order valence-corrected chi connectivity index (χ1v) is 5.47. The number of rotatable bonds is 4. The Labute approximate surface area is 81.8 Å². The van der Waals surface area contributed by atoms with Crippen molar-refractivity contribution in [3.8, 4) is 0 Å². The SMILES string of the molecule is COCCCC1(N)CCCCC1C. The maximum Gasteiger partial charge on any atom is 0.0462 e. The molecule has 78 valence electrons. The summed E-state index contributed by atoms with van der Waals surface area (Å²) in [4.78, 5) is 0. The van der Waals surface area contributed by atoms with Crippen LogP contribution in [0, 0.1) is 5.92 Å². The molecule has 13 heavy (non-hydrogen) atoms. The predicted molar refractivity (Wildman–Crippen MR) is 55.7 cm³/mol. The summed E-state index contributed by atoms with van der Waals surface area (Å²) in [5, 5.41) is 0. The van der Waals surface area contributed by atoms with Gasteiger partial charge in [-0.1, -0.05) is 19.8 Å². The third-order valence-electron chi connectivity index (χ3n) is 3.50. The Morgan fingerprint density at radius 2 is 2.23 bits per heavy atom. The molecular weight excluding hydrogens is 162 g/mol. The first-order chi connectivity index (χ1) is 6.19. The van der Waals surface area contributed by atoms with E-state index in [1.165, 1.54) is 25.7 Å². The van der Waals surface area contributed by atoms with E-state index in [1.807, 2.05) is 0 Å². The summed E-state index contributed by atoms with van der Waals surface area (Å²) in [6, 6.07) is 0. The standard InChI is InChI=1S/C11H23NO/c1-10-6-3-4-7-11(10,12)8-5-9-13-2/h10H,3-9,12H2,1-2H3. The van der Waals surface area contributed by atoms with Crippen molar-refractivity contribution in [2.45, 2.75) is 51.0 Å². The molecule has 0 heterocycles. The summed E-state index contributed by atoms with van der Waals surface area (Å²) < 4.78 is 5.06. The van der Waals surface area contributed by atoms with Crippen LogP contribution in [-0.2, 0) is 4.74 Å². The van der Waals surface area contributed by atoms with Crippen LogP contribution in [0.2, 0.25) is 0 Å². The largest absolute Gasteiger partial charge is 0.385 e. The molecule has 1 saturated carbocycles. The van der Waals surface area contributed by atoms with E-state index < -0.39 is 0 Å². The van der Waals surface area contributed by atoms with Crippen molar-refractivity contribution < 1.29 is 4.74 Å². The van der Waals surface area contributed by atoms with Gasteiger partial charge in [0.15, 0.2) is 0 Å². The lowest BCUT2D eigenvalue weighted by Crippen LogP contribution is -2.48. The topological polar surface area (TPSA) is 35.2 Å². The molecule has 0 bridgehead atoms. The average molecular weight is 185 g/mol. The van der Waals surface area contributed by atoms with Crippen molar-refractivity contribution in [1.29, 1.82) is 0 Å². The van der Waals surface area contributed by atoms with Gasteiger partial charge in [0.2, 0.25) is 0 Å². The smallest absolute Gasteiger partial charge is 0.0462 e. The van der Waals surface area contributed by atoms with Crippen molar-refractivity contribution in [2.75, 3.05) is 13.7 Å². The molecular formula is C11H23NO. The Bertz CT molecular complexity index is 149. The van der Waals surface area contributed by atoms with Crippen molar-refractivity contribution in [3.63, 3.8) is 0 Å². The Hall–Kier alpha value is -0.0800. The van der Waals surface area contributed by atoms with Crippen LogP contribution in [-0.4, -0.2) is 19.3 Å². The highest BCUT2D eigenvalue weighted by Crippen LogP contribution is 2.34. The molecule has 2 heteroatoms. The minimum atomic E-state index is 0.108.